The summed E-state index contributed by atoms with van der Waals surface area (Å²) in [4.78, 5) is 16.2. The Balaban J connectivity index is 8.39. The summed E-state index contributed by atoms with van der Waals surface area (Å²) in [7, 11) is -8.06. The largest absolute Gasteiger partial charge is 0.474 e. The highest BCUT2D eigenvalue weighted by molar-refractivity contribution is 7.46. The summed E-state index contributed by atoms with van der Waals surface area (Å²) >= 11 is 0. The maximum Gasteiger partial charge on any atom is 0.474 e. The number of phosphoric acid groups is 1. The molecule has 0 amide bonds. The molecule has 0 fully saturated rings. The van der Waals surface area contributed by atoms with Crippen molar-refractivity contribution in [3.8, 4) is 0 Å². The highest BCUT2D eigenvalue weighted by atomic mass is 31.2. The van der Waals surface area contributed by atoms with E-state index in [-0.39, 0.29) is 6.92 Å². The average molecular weight is 790 g/mol. The third-order valence-electron chi connectivity index (χ3n) is 5.64. The first-order valence-electron chi connectivity index (χ1n) is 10.4. The zero-order valence-electron chi connectivity index (χ0n) is 20.9. The van der Waals surface area contributed by atoms with Gasteiger partial charge in [-0.2, -0.15) is 110 Å². The van der Waals surface area contributed by atoms with Crippen molar-refractivity contribution in [1.29, 1.82) is 0 Å². The molecular formula is C16H9F26O4P. The Morgan fingerprint density at radius 1 is 0.447 bits per heavy atom. The predicted molar refractivity (Wildman–Crippen MR) is 92.3 cm³/mol. The number of alkyl halides is 26. The lowest BCUT2D eigenvalue weighted by Gasteiger charge is -2.49. The van der Waals surface area contributed by atoms with Crippen LogP contribution in [0.1, 0.15) is 19.8 Å². The molecule has 0 radical (unpaired) electrons. The average Bonchev–Trinajstić information content (AvgIpc) is 2.79. The molecule has 0 saturated carbocycles. The Labute approximate surface area is 239 Å². The van der Waals surface area contributed by atoms with Gasteiger partial charge in [-0.15, -0.1) is 0 Å². The van der Waals surface area contributed by atoms with E-state index in [0.717, 1.165) is 0 Å². The molecule has 0 aromatic heterocycles. The first kappa shape index (κ1) is 45.3. The summed E-state index contributed by atoms with van der Waals surface area (Å²) in [6, 6.07) is 0. The molecule has 0 saturated heterocycles. The summed E-state index contributed by atoms with van der Waals surface area (Å²) in [5.41, 5.74) is -10.2. The second-order valence-electron chi connectivity index (χ2n) is 8.88. The van der Waals surface area contributed by atoms with Gasteiger partial charge < -0.3 is 9.79 Å². The van der Waals surface area contributed by atoms with Gasteiger partial charge in [0, 0.05) is 6.42 Å². The number of phosphoric ester groups is 1. The normalized spacial score (nSPS) is 18.0. The minimum absolute atomic E-state index is 0.280. The summed E-state index contributed by atoms with van der Waals surface area (Å²) < 4.78 is 368. The molecule has 0 rings (SSSR count). The third kappa shape index (κ3) is 5.86. The molecule has 1 unspecified atom stereocenters. The third-order valence-corrected chi connectivity index (χ3v) is 6.11. The van der Waals surface area contributed by atoms with Crippen LogP contribution in [0.4, 0.5) is 114 Å². The number of rotatable bonds is 15. The molecule has 47 heavy (non-hydrogen) atoms. The highest BCUT2D eigenvalue weighted by Gasteiger charge is 3.02. The fourth-order valence-corrected chi connectivity index (χ4v) is 3.50. The number of hydrogen-bond acceptors (Lipinski definition) is 2. The summed E-state index contributed by atoms with van der Waals surface area (Å²) in [5, 5.41) is 0. The van der Waals surface area contributed by atoms with Crippen LogP contribution in [0.3, 0.4) is 0 Å². The van der Waals surface area contributed by atoms with Crippen LogP contribution in [0.5, 0.6) is 0 Å². The molecule has 31 heteroatoms. The minimum Gasteiger partial charge on any atom is -0.303 e. The van der Waals surface area contributed by atoms with Crippen LogP contribution < -0.4 is 0 Å². The highest BCUT2D eigenvalue weighted by Crippen LogP contribution is 2.71. The van der Waals surface area contributed by atoms with E-state index in [1.807, 2.05) is 0 Å². The lowest BCUT2D eigenvalue weighted by Crippen LogP contribution is -2.83. The lowest BCUT2D eigenvalue weighted by molar-refractivity contribution is -0.495. The second kappa shape index (κ2) is 11.4. The minimum atomic E-state index is -10.2. The Kier molecular flexibility index (Phi) is 11.0. The van der Waals surface area contributed by atoms with Crippen molar-refractivity contribution in [1.82, 2.24) is 0 Å². The van der Waals surface area contributed by atoms with Crippen LogP contribution in [0, 0.1) is 0 Å². The van der Waals surface area contributed by atoms with E-state index in [4.69, 9.17) is 9.79 Å². The standard InChI is InChI=1S/C16H9F26O4P/c1-2-3-4(17,18)6(20,21)9(26,27)10(28,29)7(22,23)5(19,16(41,42)46-47(43,44)45)8(24,25)11(30,31)12(32,33)13(34,35)14(36,37)15(38,39)40/h2-3H2,1H3,(H2,43,44,45). The molecule has 0 aromatic carbocycles. The van der Waals surface area contributed by atoms with Gasteiger partial charge in [0.2, 0.25) is 0 Å². The zero-order valence-corrected chi connectivity index (χ0v) is 21.8. The first-order valence-corrected chi connectivity index (χ1v) is 12.0. The maximum absolute atomic E-state index is 15.0. The molecule has 284 valence electrons. The number of halogens is 26. The first-order chi connectivity index (χ1) is 19.8. The molecule has 0 spiro atoms. The SMILES string of the molecule is CCCC(F)(F)C(F)(F)C(F)(F)C(F)(F)C(F)(F)C(F)(C(F)(F)OP(=O)(O)O)C(F)(F)C(F)(F)C(F)(F)C(F)(F)C(F)(F)C(F)(F)F. The van der Waals surface area contributed by atoms with Gasteiger partial charge in [0.05, 0.1) is 0 Å². The van der Waals surface area contributed by atoms with E-state index in [1.54, 1.807) is 0 Å². The van der Waals surface area contributed by atoms with E-state index >= 15 is 4.39 Å². The molecular weight excluding hydrogens is 781 g/mol. The monoisotopic (exact) mass is 790 g/mol. The smallest absolute Gasteiger partial charge is 0.303 e. The topological polar surface area (TPSA) is 66.8 Å². The van der Waals surface area contributed by atoms with E-state index < -0.39 is 97.8 Å². The molecule has 0 aromatic rings. The molecule has 0 aliphatic rings. The van der Waals surface area contributed by atoms with E-state index in [1.165, 1.54) is 4.52 Å². The van der Waals surface area contributed by atoms with Crippen molar-refractivity contribution < 1.29 is 133 Å². The second-order valence-corrected chi connectivity index (χ2v) is 10.0. The van der Waals surface area contributed by atoms with Crippen LogP contribution in [0.2, 0.25) is 0 Å². The Morgan fingerprint density at radius 2 is 0.702 bits per heavy atom. The summed E-state index contributed by atoms with van der Waals surface area (Å²) in [6.07, 6.45) is -21.9. The quantitative estimate of drug-likeness (QED) is 0.128. The van der Waals surface area contributed by atoms with Crippen LogP contribution in [0.25, 0.3) is 0 Å². The molecule has 0 aliphatic carbocycles. The molecule has 0 bridgehead atoms. The fourth-order valence-electron chi connectivity index (χ4n) is 3.07. The van der Waals surface area contributed by atoms with Crippen molar-refractivity contribution >= 4 is 7.82 Å². The van der Waals surface area contributed by atoms with Gasteiger partial charge in [0.1, 0.15) is 0 Å². The molecule has 2 N–H and O–H groups in total. The van der Waals surface area contributed by atoms with Gasteiger partial charge in [-0.25, -0.2) is 13.5 Å². The molecule has 4 nitrogen and oxygen atoms in total. The van der Waals surface area contributed by atoms with E-state index in [2.05, 4.69) is 0 Å². The van der Waals surface area contributed by atoms with Gasteiger partial charge in [-0.3, -0.25) is 0 Å². The van der Waals surface area contributed by atoms with Crippen molar-refractivity contribution in [2.24, 2.45) is 0 Å². The Hall–Kier alpha value is -1.71. The van der Waals surface area contributed by atoms with Crippen LogP contribution in [0.15, 0.2) is 0 Å². The van der Waals surface area contributed by atoms with Gasteiger partial charge in [-0.1, -0.05) is 13.3 Å². The fraction of sp³-hybridized carbons (Fsp3) is 1.00. The van der Waals surface area contributed by atoms with Crippen LogP contribution in [-0.4, -0.2) is 87.0 Å². The molecule has 0 aliphatic heterocycles. The molecule has 0 heterocycles. The zero-order chi connectivity index (χ0) is 39.1. The van der Waals surface area contributed by atoms with Crippen LogP contribution >= 0.6 is 7.82 Å². The van der Waals surface area contributed by atoms with Crippen molar-refractivity contribution in [2.75, 3.05) is 0 Å². The van der Waals surface area contributed by atoms with Gasteiger partial charge in [-0.05, 0) is 0 Å². The van der Waals surface area contributed by atoms with E-state index in [0.29, 0.717) is 0 Å². The van der Waals surface area contributed by atoms with Gasteiger partial charge >= 0.3 is 85.0 Å². The summed E-state index contributed by atoms with van der Waals surface area (Å²) in [6.45, 7) is 0.280. The number of hydrogen-bond donors (Lipinski definition) is 2. The molecule has 1 atom stereocenters. The van der Waals surface area contributed by atoms with Crippen molar-refractivity contribution in [3.63, 3.8) is 0 Å². The predicted octanol–water partition coefficient (Wildman–Crippen LogP) is 9.11. The summed E-state index contributed by atoms with van der Waals surface area (Å²) in [5.74, 6) is -92.2. The Bertz CT molecular complexity index is 1190. The Morgan fingerprint density at radius 3 is 0.957 bits per heavy atom. The van der Waals surface area contributed by atoms with Gasteiger partial charge in [0.25, 0.3) is 0 Å². The maximum atomic E-state index is 15.0. The lowest BCUT2D eigenvalue weighted by atomic mass is 9.76. The van der Waals surface area contributed by atoms with E-state index in [9.17, 15) is 114 Å². The van der Waals surface area contributed by atoms with Crippen LogP contribution in [-0.2, 0) is 9.09 Å². The van der Waals surface area contributed by atoms with Crippen molar-refractivity contribution in [3.05, 3.63) is 0 Å². The van der Waals surface area contributed by atoms with Gasteiger partial charge in [0.15, 0.2) is 0 Å². The van der Waals surface area contributed by atoms with Crippen molar-refractivity contribution in [2.45, 2.75) is 96.9 Å².